The number of rotatable bonds is 3. The lowest BCUT2D eigenvalue weighted by Gasteiger charge is -2.05. The van der Waals surface area contributed by atoms with Gasteiger partial charge in [0.25, 0.3) is 0 Å². The van der Waals surface area contributed by atoms with Crippen molar-refractivity contribution in [1.29, 1.82) is 0 Å². The molecule has 0 bridgehead atoms. The standard InChI is InChI=1S/C12H7N3O4S2/c16-10(17)9(12-20-5-6-21-12)11(18)19-15-8-4-2-1-3-7(8)13-14-15/h1-6H,(H,16,17). The molecule has 21 heavy (non-hydrogen) atoms. The number of nitrogens with zero attached hydrogens (tertiary/aromatic N) is 3. The van der Waals surface area contributed by atoms with Gasteiger partial charge in [-0.1, -0.05) is 40.5 Å². The quantitative estimate of drug-likeness (QED) is 0.394. The van der Waals surface area contributed by atoms with Gasteiger partial charge in [-0.05, 0) is 28.2 Å². The van der Waals surface area contributed by atoms with Crippen LogP contribution in [0, 0.1) is 0 Å². The van der Waals surface area contributed by atoms with Gasteiger partial charge in [-0.25, -0.2) is 9.59 Å². The van der Waals surface area contributed by atoms with Gasteiger partial charge in [0.2, 0.25) is 0 Å². The summed E-state index contributed by atoms with van der Waals surface area (Å²) in [7, 11) is 0. The lowest BCUT2D eigenvalue weighted by Crippen LogP contribution is -2.26. The van der Waals surface area contributed by atoms with Crippen LogP contribution in [-0.2, 0) is 9.59 Å². The van der Waals surface area contributed by atoms with E-state index >= 15 is 0 Å². The molecule has 0 aliphatic carbocycles. The van der Waals surface area contributed by atoms with Crippen molar-refractivity contribution < 1.29 is 19.5 Å². The molecule has 7 nitrogen and oxygen atoms in total. The van der Waals surface area contributed by atoms with Crippen molar-refractivity contribution in [3.8, 4) is 0 Å². The number of carbonyl (C=O) groups excluding carboxylic acids is 1. The van der Waals surface area contributed by atoms with Crippen LogP contribution in [0.25, 0.3) is 11.0 Å². The first kappa shape index (κ1) is 13.7. The molecule has 1 aromatic heterocycles. The predicted octanol–water partition coefficient (Wildman–Crippen LogP) is 1.63. The fourth-order valence-electron chi connectivity index (χ4n) is 1.62. The van der Waals surface area contributed by atoms with Crippen LogP contribution >= 0.6 is 23.5 Å². The minimum atomic E-state index is -1.34. The molecule has 0 fully saturated rings. The molecule has 1 aliphatic rings. The Bertz CT molecular complexity index is 787. The first-order valence-corrected chi connectivity index (χ1v) is 7.42. The summed E-state index contributed by atoms with van der Waals surface area (Å²) in [4.78, 5) is 29.3. The topological polar surface area (TPSA) is 94.3 Å². The maximum absolute atomic E-state index is 12.1. The lowest BCUT2D eigenvalue weighted by atomic mass is 10.3. The third-order valence-electron chi connectivity index (χ3n) is 2.52. The van der Waals surface area contributed by atoms with E-state index in [2.05, 4.69) is 10.3 Å². The molecule has 9 heteroatoms. The summed E-state index contributed by atoms with van der Waals surface area (Å²) in [5, 5.41) is 20.1. The summed E-state index contributed by atoms with van der Waals surface area (Å²) in [5.74, 6) is -2.33. The molecule has 0 amide bonds. The van der Waals surface area contributed by atoms with Crippen molar-refractivity contribution >= 4 is 46.5 Å². The molecule has 1 aliphatic heterocycles. The van der Waals surface area contributed by atoms with Gasteiger partial charge in [-0.2, -0.15) is 0 Å². The van der Waals surface area contributed by atoms with Crippen LogP contribution in [-0.4, -0.2) is 32.2 Å². The Morgan fingerprint density at radius 2 is 1.90 bits per heavy atom. The Hall–Kier alpha value is -2.26. The average molecular weight is 321 g/mol. The number of aliphatic carboxylic acids is 1. The molecule has 0 saturated carbocycles. The first-order chi connectivity index (χ1) is 10.2. The molecule has 2 aromatic rings. The predicted molar refractivity (Wildman–Crippen MR) is 78.1 cm³/mol. The summed E-state index contributed by atoms with van der Waals surface area (Å²) in [6, 6.07) is 6.87. The zero-order valence-electron chi connectivity index (χ0n) is 10.3. The van der Waals surface area contributed by atoms with Gasteiger partial charge in [0.05, 0.1) is 4.24 Å². The minimum absolute atomic E-state index is 0.358. The largest absolute Gasteiger partial charge is 0.477 e. The van der Waals surface area contributed by atoms with Crippen molar-refractivity contribution in [2.45, 2.75) is 0 Å². The highest BCUT2D eigenvalue weighted by molar-refractivity contribution is 8.27. The number of carboxylic acids is 1. The third kappa shape index (κ3) is 2.65. The van der Waals surface area contributed by atoms with E-state index < -0.39 is 17.5 Å². The zero-order valence-corrected chi connectivity index (χ0v) is 11.9. The van der Waals surface area contributed by atoms with E-state index in [0.717, 1.165) is 28.4 Å². The molecule has 0 saturated heterocycles. The second-order valence-corrected chi connectivity index (χ2v) is 5.90. The fourth-order valence-corrected chi connectivity index (χ4v) is 3.45. The second-order valence-electron chi connectivity index (χ2n) is 3.81. The maximum Gasteiger partial charge on any atom is 0.374 e. The Morgan fingerprint density at radius 3 is 2.62 bits per heavy atom. The number of aromatic nitrogens is 3. The summed E-state index contributed by atoms with van der Waals surface area (Å²) >= 11 is 2.32. The van der Waals surface area contributed by atoms with Gasteiger partial charge < -0.3 is 9.94 Å². The van der Waals surface area contributed by atoms with E-state index in [1.807, 2.05) is 0 Å². The van der Waals surface area contributed by atoms with E-state index in [9.17, 15) is 14.7 Å². The number of carbonyl (C=O) groups is 2. The zero-order chi connectivity index (χ0) is 14.8. The van der Waals surface area contributed by atoms with Crippen molar-refractivity contribution in [3.63, 3.8) is 0 Å². The molecule has 0 radical (unpaired) electrons. The van der Waals surface area contributed by atoms with Gasteiger partial charge in [0, 0.05) is 0 Å². The van der Waals surface area contributed by atoms with Crippen LogP contribution in [0.15, 0.2) is 44.9 Å². The van der Waals surface area contributed by atoms with Gasteiger partial charge in [0.15, 0.2) is 5.57 Å². The van der Waals surface area contributed by atoms with E-state index in [-0.39, 0.29) is 0 Å². The van der Waals surface area contributed by atoms with E-state index in [1.165, 1.54) is 0 Å². The summed E-state index contributed by atoms with van der Waals surface area (Å²) < 4.78 is 0.358. The normalized spacial score (nSPS) is 13.6. The number of benzene rings is 1. The molecule has 1 aromatic carbocycles. The van der Waals surface area contributed by atoms with Crippen LogP contribution < -0.4 is 4.84 Å². The van der Waals surface area contributed by atoms with Gasteiger partial charge >= 0.3 is 11.9 Å². The SMILES string of the molecule is O=C(O)C(C(=O)On1nnc2ccccc21)=C1SC=CS1. The smallest absolute Gasteiger partial charge is 0.374 e. The monoisotopic (exact) mass is 321 g/mol. The van der Waals surface area contributed by atoms with Crippen molar-refractivity contribution in [3.05, 3.63) is 44.9 Å². The Balaban J connectivity index is 1.92. The van der Waals surface area contributed by atoms with Crippen molar-refractivity contribution in [2.24, 2.45) is 0 Å². The lowest BCUT2D eigenvalue weighted by molar-refractivity contribution is -0.145. The maximum atomic E-state index is 12.1. The van der Waals surface area contributed by atoms with Crippen molar-refractivity contribution in [2.75, 3.05) is 0 Å². The molecule has 3 rings (SSSR count). The number of carboxylic acid groups (broad SMARTS) is 1. The molecule has 0 spiro atoms. The average Bonchev–Trinajstić information content (AvgIpc) is 3.09. The summed E-state index contributed by atoms with van der Waals surface area (Å²) in [6.07, 6.45) is 0. The number of hydrogen-bond acceptors (Lipinski definition) is 7. The first-order valence-electron chi connectivity index (χ1n) is 5.66. The molecule has 0 atom stereocenters. The van der Waals surface area contributed by atoms with E-state index in [0.29, 0.717) is 15.3 Å². The Morgan fingerprint density at radius 1 is 1.19 bits per heavy atom. The highest BCUT2D eigenvalue weighted by Gasteiger charge is 2.27. The minimum Gasteiger partial charge on any atom is -0.477 e. The van der Waals surface area contributed by atoms with Crippen molar-refractivity contribution in [1.82, 2.24) is 15.2 Å². The van der Waals surface area contributed by atoms with E-state index in [4.69, 9.17) is 4.84 Å². The fraction of sp³-hybridized carbons (Fsp3) is 0. The van der Waals surface area contributed by atoms with E-state index in [1.54, 1.807) is 35.1 Å². The number of para-hydroxylation sites is 1. The highest BCUT2D eigenvalue weighted by atomic mass is 32.2. The molecule has 0 unspecified atom stereocenters. The molecule has 1 N–H and O–H groups in total. The molecule has 106 valence electrons. The van der Waals surface area contributed by atoms with Crippen LogP contribution in [0.1, 0.15) is 0 Å². The van der Waals surface area contributed by atoms with Crippen LogP contribution in [0.2, 0.25) is 0 Å². The van der Waals surface area contributed by atoms with Crippen LogP contribution in [0.5, 0.6) is 0 Å². The van der Waals surface area contributed by atoms with Crippen LogP contribution in [0.4, 0.5) is 0 Å². The summed E-state index contributed by atoms with van der Waals surface area (Å²) in [6.45, 7) is 0. The Kier molecular flexibility index (Phi) is 3.67. The van der Waals surface area contributed by atoms with Crippen LogP contribution in [0.3, 0.4) is 0 Å². The number of hydrogen-bond donors (Lipinski definition) is 1. The Labute approximate surface area is 126 Å². The second kappa shape index (κ2) is 5.62. The number of fused-ring (bicyclic) bond motifs is 1. The third-order valence-corrected chi connectivity index (χ3v) is 4.65. The molecular formula is C12H7N3O4S2. The molecular weight excluding hydrogens is 314 g/mol. The summed E-state index contributed by atoms with van der Waals surface area (Å²) in [5.41, 5.74) is 0.598. The van der Waals surface area contributed by atoms with Gasteiger partial charge in [0.1, 0.15) is 11.0 Å². The number of thioether (sulfide) groups is 2. The van der Waals surface area contributed by atoms with Gasteiger partial charge in [-0.15, -0.1) is 5.10 Å². The van der Waals surface area contributed by atoms with Gasteiger partial charge in [-0.3, -0.25) is 0 Å². The molecule has 2 heterocycles. The highest BCUT2D eigenvalue weighted by Crippen LogP contribution is 2.40.